The summed E-state index contributed by atoms with van der Waals surface area (Å²) in [5.74, 6) is 0.665. The highest BCUT2D eigenvalue weighted by Crippen LogP contribution is 2.36. The van der Waals surface area contributed by atoms with E-state index < -0.39 is 0 Å². The minimum atomic E-state index is -0.212. The van der Waals surface area contributed by atoms with Crippen LogP contribution in [0.5, 0.6) is 0 Å². The Morgan fingerprint density at radius 2 is 1.61 bits per heavy atom. The molecule has 1 aliphatic heterocycles. The summed E-state index contributed by atoms with van der Waals surface area (Å²) < 4.78 is 6.07. The minimum absolute atomic E-state index is 0.0404. The second kappa shape index (κ2) is 9.11. The SMILES string of the molecule is O=C(OC1[C@@H]2CCCC[C@H]1CN(CCc1ccccc1)C2)c1ccc(Cl)cc1. The number of hydrogen-bond donors (Lipinski definition) is 0. The predicted molar refractivity (Wildman–Crippen MR) is 113 cm³/mol. The van der Waals surface area contributed by atoms with E-state index in [0.29, 0.717) is 22.4 Å². The van der Waals surface area contributed by atoms with E-state index >= 15 is 0 Å². The van der Waals surface area contributed by atoms with Crippen molar-refractivity contribution in [2.24, 2.45) is 11.8 Å². The zero-order chi connectivity index (χ0) is 19.3. The molecule has 28 heavy (non-hydrogen) atoms. The number of benzene rings is 2. The molecular weight excluding hydrogens is 370 g/mol. The third-order valence-electron chi connectivity index (χ3n) is 6.20. The Balaban J connectivity index is 1.40. The Bertz CT molecular complexity index is 761. The monoisotopic (exact) mass is 397 g/mol. The fraction of sp³-hybridized carbons (Fsp3) is 0.458. The second-order valence-corrected chi connectivity index (χ2v) is 8.61. The Hall–Kier alpha value is -1.84. The maximum Gasteiger partial charge on any atom is 0.338 e. The van der Waals surface area contributed by atoms with Crippen molar-refractivity contribution in [3.63, 3.8) is 0 Å². The first-order chi connectivity index (χ1) is 13.7. The molecule has 1 unspecified atom stereocenters. The molecule has 1 aliphatic carbocycles. The number of ether oxygens (including phenoxy) is 1. The normalized spacial score (nSPS) is 25.1. The molecular formula is C24H28ClNO2. The Morgan fingerprint density at radius 3 is 2.25 bits per heavy atom. The summed E-state index contributed by atoms with van der Waals surface area (Å²) in [6.45, 7) is 3.14. The lowest BCUT2D eigenvalue weighted by Gasteiger charge is -2.42. The van der Waals surface area contributed by atoms with Gasteiger partial charge in [-0.05, 0) is 49.1 Å². The number of carbonyl (C=O) groups excluding carboxylic acids is 1. The van der Waals surface area contributed by atoms with Crippen molar-refractivity contribution in [3.8, 4) is 0 Å². The zero-order valence-electron chi connectivity index (χ0n) is 16.2. The average molecular weight is 398 g/mol. The number of esters is 1. The molecule has 148 valence electrons. The van der Waals surface area contributed by atoms with Gasteiger partial charge in [0.15, 0.2) is 0 Å². The summed E-state index contributed by atoms with van der Waals surface area (Å²) in [4.78, 5) is 15.3. The van der Waals surface area contributed by atoms with Crippen LogP contribution in [-0.4, -0.2) is 36.6 Å². The van der Waals surface area contributed by atoms with Crippen LogP contribution in [0.3, 0.4) is 0 Å². The highest BCUT2D eigenvalue weighted by molar-refractivity contribution is 6.30. The van der Waals surface area contributed by atoms with Gasteiger partial charge in [0, 0.05) is 36.5 Å². The van der Waals surface area contributed by atoms with Crippen molar-refractivity contribution in [1.29, 1.82) is 0 Å². The van der Waals surface area contributed by atoms with E-state index in [2.05, 4.69) is 35.2 Å². The number of hydrogen-bond acceptors (Lipinski definition) is 3. The molecule has 2 aromatic carbocycles. The lowest BCUT2D eigenvalue weighted by Crippen LogP contribution is -2.50. The van der Waals surface area contributed by atoms with Gasteiger partial charge in [0.1, 0.15) is 6.10 Å². The maximum atomic E-state index is 12.7. The maximum absolute atomic E-state index is 12.7. The van der Waals surface area contributed by atoms with E-state index in [1.54, 1.807) is 24.3 Å². The molecule has 0 radical (unpaired) electrons. The van der Waals surface area contributed by atoms with E-state index in [4.69, 9.17) is 16.3 Å². The van der Waals surface area contributed by atoms with Crippen LogP contribution in [0.1, 0.15) is 41.6 Å². The molecule has 0 amide bonds. The molecule has 0 N–H and O–H groups in total. The zero-order valence-corrected chi connectivity index (χ0v) is 17.0. The molecule has 0 aromatic heterocycles. The van der Waals surface area contributed by atoms with Crippen LogP contribution >= 0.6 is 11.6 Å². The standard InChI is InChI=1S/C24H28ClNO2/c25-22-12-10-19(11-13-22)24(27)28-23-20-8-4-5-9-21(23)17-26(16-20)15-14-18-6-2-1-3-7-18/h1-3,6-7,10-13,20-21,23H,4-5,8-9,14-17H2/t20-,21+,23?. The number of carbonyl (C=O) groups is 1. The molecule has 2 fully saturated rings. The second-order valence-electron chi connectivity index (χ2n) is 8.18. The highest BCUT2D eigenvalue weighted by Gasteiger charge is 2.40. The number of rotatable bonds is 5. The number of halogens is 1. The van der Waals surface area contributed by atoms with E-state index in [1.165, 1.54) is 18.4 Å². The number of likely N-dealkylation sites (tertiary alicyclic amines) is 1. The number of piperidine rings is 1. The van der Waals surface area contributed by atoms with E-state index in [9.17, 15) is 4.79 Å². The molecule has 1 saturated carbocycles. The first kappa shape index (κ1) is 19.5. The molecule has 3 atom stereocenters. The summed E-state index contributed by atoms with van der Waals surface area (Å²) in [5.41, 5.74) is 1.98. The van der Waals surface area contributed by atoms with Crippen molar-refractivity contribution in [2.45, 2.75) is 38.2 Å². The quantitative estimate of drug-likeness (QED) is 0.647. The van der Waals surface area contributed by atoms with Crippen LogP contribution in [0.4, 0.5) is 0 Å². The molecule has 0 spiro atoms. The van der Waals surface area contributed by atoms with Gasteiger partial charge < -0.3 is 9.64 Å². The third-order valence-corrected chi connectivity index (χ3v) is 6.45. The van der Waals surface area contributed by atoms with E-state index in [1.807, 2.05) is 0 Å². The summed E-state index contributed by atoms with van der Waals surface area (Å²) in [5, 5.41) is 0.636. The molecule has 2 aliphatic rings. The third kappa shape index (κ3) is 4.76. The molecule has 3 nitrogen and oxygen atoms in total. The van der Waals surface area contributed by atoms with Crippen LogP contribution in [0.15, 0.2) is 54.6 Å². The van der Waals surface area contributed by atoms with Gasteiger partial charge in [0.2, 0.25) is 0 Å². The van der Waals surface area contributed by atoms with Gasteiger partial charge in [-0.1, -0.05) is 54.8 Å². The summed E-state index contributed by atoms with van der Waals surface area (Å²) in [6, 6.07) is 17.7. The van der Waals surface area contributed by atoms with Crippen molar-refractivity contribution < 1.29 is 9.53 Å². The molecule has 2 bridgehead atoms. The fourth-order valence-electron chi connectivity index (χ4n) is 4.74. The summed E-state index contributed by atoms with van der Waals surface area (Å²) in [7, 11) is 0. The van der Waals surface area contributed by atoms with Crippen LogP contribution < -0.4 is 0 Å². The van der Waals surface area contributed by atoms with Gasteiger partial charge in [0.25, 0.3) is 0 Å². The van der Waals surface area contributed by atoms with Gasteiger partial charge in [-0.2, -0.15) is 0 Å². The van der Waals surface area contributed by atoms with Crippen molar-refractivity contribution in [1.82, 2.24) is 4.90 Å². The average Bonchev–Trinajstić information content (AvgIpc) is 2.83. The van der Waals surface area contributed by atoms with Gasteiger partial charge in [-0.3, -0.25) is 0 Å². The number of fused-ring (bicyclic) bond motifs is 2. The van der Waals surface area contributed by atoms with Crippen molar-refractivity contribution in [3.05, 3.63) is 70.7 Å². The lowest BCUT2D eigenvalue weighted by atomic mass is 9.84. The molecule has 2 aromatic rings. The molecule has 4 heteroatoms. The van der Waals surface area contributed by atoms with E-state index in [0.717, 1.165) is 38.9 Å². The van der Waals surface area contributed by atoms with Gasteiger partial charge in [0.05, 0.1) is 5.56 Å². The predicted octanol–water partition coefficient (Wildman–Crippen LogP) is 5.23. The smallest absolute Gasteiger partial charge is 0.338 e. The van der Waals surface area contributed by atoms with Crippen molar-refractivity contribution in [2.75, 3.05) is 19.6 Å². The van der Waals surface area contributed by atoms with Crippen LogP contribution in [0.25, 0.3) is 0 Å². The summed E-state index contributed by atoms with van der Waals surface area (Å²) >= 11 is 5.94. The van der Waals surface area contributed by atoms with Crippen LogP contribution in [0.2, 0.25) is 5.02 Å². The van der Waals surface area contributed by atoms with Crippen LogP contribution in [-0.2, 0) is 11.2 Å². The van der Waals surface area contributed by atoms with Gasteiger partial charge in [-0.15, -0.1) is 0 Å². The van der Waals surface area contributed by atoms with Gasteiger partial charge >= 0.3 is 5.97 Å². The Labute approximate surface area is 172 Å². The highest BCUT2D eigenvalue weighted by atomic mass is 35.5. The fourth-order valence-corrected chi connectivity index (χ4v) is 4.87. The van der Waals surface area contributed by atoms with Crippen LogP contribution in [0, 0.1) is 11.8 Å². The summed E-state index contributed by atoms with van der Waals surface area (Å²) in [6.07, 6.45) is 5.90. The minimum Gasteiger partial charge on any atom is -0.458 e. The molecule has 1 heterocycles. The lowest BCUT2D eigenvalue weighted by molar-refractivity contribution is -0.0443. The Kier molecular flexibility index (Phi) is 6.33. The number of nitrogens with zero attached hydrogens (tertiary/aromatic N) is 1. The first-order valence-electron chi connectivity index (χ1n) is 10.4. The molecule has 4 rings (SSSR count). The largest absolute Gasteiger partial charge is 0.458 e. The first-order valence-corrected chi connectivity index (χ1v) is 10.8. The Morgan fingerprint density at radius 1 is 0.964 bits per heavy atom. The topological polar surface area (TPSA) is 29.5 Å². The molecule has 1 saturated heterocycles. The van der Waals surface area contributed by atoms with Crippen molar-refractivity contribution >= 4 is 17.6 Å². The van der Waals surface area contributed by atoms with E-state index in [-0.39, 0.29) is 12.1 Å². The van der Waals surface area contributed by atoms with Gasteiger partial charge in [-0.25, -0.2) is 4.79 Å².